The van der Waals surface area contributed by atoms with E-state index in [0.29, 0.717) is 0 Å². The third-order valence-electron chi connectivity index (χ3n) is 1.05. The maximum atomic E-state index is 12.0. The van der Waals surface area contributed by atoms with Gasteiger partial charge in [0.2, 0.25) is 0 Å². The molecular formula is C5H3F9O. The lowest BCUT2D eigenvalue weighted by Crippen LogP contribution is -2.45. The Balaban J connectivity index is 4.55. The van der Waals surface area contributed by atoms with E-state index in [4.69, 9.17) is 0 Å². The highest BCUT2D eigenvalue weighted by Crippen LogP contribution is 2.37. The fraction of sp³-hybridized carbons (Fsp3) is 1.00. The van der Waals surface area contributed by atoms with E-state index >= 15 is 0 Å². The van der Waals surface area contributed by atoms with E-state index in [0.717, 1.165) is 0 Å². The molecule has 2 atom stereocenters. The van der Waals surface area contributed by atoms with Crippen molar-refractivity contribution in [3.05, 3.63) is 0 Å². The second kappa shape index (κ2) is 4.45. The van der Waals surface area contributed by atoms with E-state index in [1.807, 2.05) is 0 Å². The van der Waals surface area contributed by atoms with E-state index in [-0.39, 0.29) is 0 Å². The van der Waals surface area contributed by atoms with Gasteiger partial charge in [-0.05, 0) is 0 Å². The highest BCUT2D eigenvalue weighted by atomic mass is 19.4. The molecule has 0 bridgehead atoms. The van der Waals surface area contributed by atoms with Gasteiger partial charge in [-0.1, -0.05) is 0 Å². The van der Waals surface area contributed by atoms with Crippen LogP contribution >= 0.6 is 0 Å². The summed E-state index contributed by atoms with van der Waals surface area (Å²) >= 11 is 0. The maximum Gasteiger partial charge on any atom is 0.428 e. The topological polar surface area (TPSA) is 9.23 Å². The highest BCUT2D eigenvalue weighted by molar-refractivity contribution is 4.76. The first kappa shape index (κ1) is 14.3. The molecule has 92 valence electrons. The summed E-state index contributed by atoms with van der Waals surface area (Å²) in [5, 5.41) is 0. The zero-order chi connectivity index (χ0) is 12.4. The molecule has 0 fully saturated rings. The van der Waals surface area contributed by atoms with Crippen LogP contribution in [0.5, 0.6) is 0 Å². The third-order valence-corrected chi connectivity index (χ3v) is 1.05. The van der Waals surface area contributed by atoms with Gasteiger partial charge in [-0.25, -0.2) is 17.6 Å². The summed E-state index contributed by atoms with van der Waals surface area (Å²) in [7, 11) is 0. The molecule has 0 rings (SSSR count). The van der Waals surface area contributed by atoms with Crippen LogP contribution in [0.15, 0.2) is 0 Å². The lowest BCUT2D eigenvalue weighted by molar-refractivity contribution is -0.371. The molecule has 10 heteroatoms. The van der Waals surface area contributed by atoms with E-state index in [1.54, 1.807) is 0 Å². The number of rotatable bonds is 4. The van der Waals surface area contributed by atoms with Crippen LogP contribution in [0.4, 0.5) is 39.5 Å². The summed E-state index contributed by atoms with van der Waals surface area (Å²) < 4.78 is 107. The van der Waals surface area contributed by atoms with Gasteiger partial charge in [0, 0.05) is 0 Å². The predicted octanol–water partition coefficient (Wildman–Crippen LogP) is 3.06. The Kier molecular flexibility index (Phi) is 4.26. The fourth-order valence-corrected chi connectivity index (χ4v) is 0.452. The SMILES string of the molecule is FC(F)C(F)OC(F)(F)C(F)C(F)(F)F. The lowest BCUT2D eigenvalue weighted by atomic mass is 10.3. The standard InChI is InChI=1S/C5H3F9O/c6-1(7)2(8)15-5(13,14)3(9)4(10,11)12/h1-3H. The van der Waals surface area contributed by atoms with Crippen molar-refractivity contribution in [1.29, 1.82) is 0 Å². The molecule has 0 aromatic heterocycles. The minimum absolute atomic E-state index is 2.34. The Morgan fingerprint density at radius 2 is 1.20 bits per heavy atom. The molecule has 0 aliphatic carbocycles. The third kappa shape index (κ3) is 4.14. The molecule has 0 amide bonds. The number of hydrogen-bond donors (Lipinski definition) is 0. The van der Waals surface area contributed by atoms with Crippen LogP contribution in [-0.4, -0.2) is 31.2 Å². The van der Waals surface area contributed by atoms with Gasteiger partial charge in [-0.15, -0.1) is 0 Å². The predicted molar refractivity (Wildman–Crippen MR) is 27.9 cm³/mol. The van der Waals surface area contributed by atoms with Crippen LogP contribution in [0.25, 0.3) is 0 Å². The summed E-state index contributed by atoms with van der Waals surface area (Å²) in [5.41, 5.74) is 0. The quantitative estimate of drug-likeness (QED) is 0.697. The molecule has 0 saturated heterocycles. The van der Waals surface area contributed by atoms with Crippen LogP contribution in [0.1, 0.15) is 0 Å². The molecule has 1 nitrogen and oxygen atoms in total. The van der Waals surface area contributed by atoms with Crippen molar-refractivity contribution in [2.45, 2.75) is 31.2 Å². The molecule has 15 heavy (non-hydrogen) atoms. The van der Waals surface area contributed by atoms with Gasteiger partial charge in [-0.2, -0.15) is 22.0 Å². The Morgan fingerprint density at radius 3 is 1.47 bits per heavy atom. The van der Waals surface area contributed by atoms with Gasteiger partial charge in [0.15, 0.2) is 0 Å². The second-order valence-electron chi connectivity index (χ2n) is 2.27. The Hall–Kier alpha value is -0.670. The normalized spacial score (nSPS) is 18.0. The number of halogens is 9. The molecule has 0 aromatic carbocycles. The first-order valence-corrected chi connectivity index (χ1v) is 3.17. The molecule has 0 N–H and O–H groups in total. The van der Waals surface area contributed by atoms with Crippen LogP contribution < -0.4 is 0 Å². The van der Waals surface area contributed by atoms with E-state index in [1.165, 1.54) is 0 Å². The van der Waals surface area contributed by atoms with Crippen LogP contribution in [0, 0.1) is 0 Å². The summed E-state index contributed by atoms with van der Waals surface area (Å²) in [6.07, 6.45) is -24.7. The molecule has 2 unspecified atom stereocenters. The zero-order valence-corrected chi connectivity index (χ0v) is 6.54. The highest BCUT2D eigenvalue weighted by Gasteiger charge is 2.59. The summed E-state index contributed by atoms with van der Waals surface area (Å²) in [4.78, 5) is 0. The van der Waals surface area contributed by atoms with Gasteiger partial charge in [0.05, 0.1) is 0 Å². The van der Waals surface area contributed by atoms with Crippen molar-refractivity contribution in [3.8, 4) is 0 Å². The van der Waals surface area contributed by atoms with Gasteiger partial charge in [0.1, 0.15) is 0 Å². The minimum Gasteiger partial charge on any atom is -0.277 e. The second-order valence-corrected chi connectivity index (χ2v) is 2.27. The largest absolute Gasteiger partial charge is 0.428 e. The van der Waals surface area contributed by atoms with E-state index < -0.39 is 31.2 Å². The van der Waals surface area contributed by atoms with Crippen LogP contribution in [0.3, 0.4) is 0 Å². The molecule has 0 aliphatic rings. The van der Waals surface area contributed by atoms with Crippen LogP contribution in [-0.2, 0) is 4.74 Å². The fourth-order valence-electron chi connectivity index (χ4n) is 0.452. The molecular weight excluding hydrogens is 247 g/mol. The summed E-state index contributed by atoms with van der Waals surface area (Å²) in [5.74, 6) is 0. The number of ether oxygens (including phenoxy) is 1. The minimum atomic E-state index is -6.04. The van der Waals surface area contributed by atoms with Crippen LogP contribution in [0.2, 0.25) is 0 Å². The van der Waals surface area contributed by atoms with Gasteiger partial charge < -0.3 is 0 Å². The Morgan fingerprint density at radius 1 is 0.800 bits per heavy atom. The first-order valence-electron chi connectivity index (χ1n) is 3.17. The summed E-state index contributed by atoms with van der Waals surface area (Å²) in [6.45, 7) is 0. The summed E-state index contributed by atoms with van der Waals surface area (Å²) in [6, 6.07) is 0. The van der Waals surface area contributed by atoms with Crippen molar-refractivity contribution in [2.75, 3.05) is 0 Å². The van der Waals surface area contributed by atoms with Crippen molar-refractivity contribution >= 4 is 0 Å². The van der Waals surface area contributed by atoms with E-state index in [2.05, 4.69) is 4.74 Å². The molecule has 0 spiro atoms. The average molecular weight is 250 g/mol. The number of alkyl halides is 9. The van der Waals surface area contributed by atoms with Gasteiger partial charge in [-0.3, -0.25) is 4.74 Å². The molecule has 0 aliphatic heterocycles. The van der Waals surface area contributed by atoms with Crippen molar-refractivity contribution in [2.24, 2.45) is 0 Å². The number of hydrogen-bond acceptors (Lipinski definition) is 1. The molecule has 0 heterocycles. The van der Waals surface area contributed by atoms with Gasteiger partial charge >= 0.3 is 12.3 Å². The monoisotopic (exact) mass is 250 g/mol. The molecule has 0 saturated carbocycles. The lowest BCUT2D eigenvalue weighted by Gasteiger charge is -2.23. The van der Waals surface area contributed by atoms with Gasteiger partial charge in [0.25, 0.3) is 19.0 Å². The smallest absolute Gasteiger partial charge is 0.277 e. The van der Waals surface area contributed by atoms with Crippen molar-refractivity contribution < 1.29 is 44.3 Å². The Bertz CT molecular complexity index is 199. The molecule has 0 aromatic rings. The Labute approximate surface area is 76.8 Å². The maximum absolute atomic E-state index is 12.0. The van der Waals surface area contributed by atoms with Crippen molar-refractivity contribution in [3.63, 3.8) is 0 Å². The van der Waals surface area contributed by atoms with E-state index in [9.17, 15) is 39.5 Å². The van der Waals surface area contributed by atoms with Crippen molar-refractivity contribution in [1.82, 2.24) is 0 Å². The average Bonchev–Trinajstić information content (AvgIpc) is 2.00. The zero-order valence-electron chi connectivity index (χ0n) is 6.54. The first-order chi connectivity index (χ1) is 6.48. The molecule has 0 radical (unpaired) electrons.